The van der Waals surface area contributed by atoms with Gasteiger partial charge in [-0.05, 0) is 41.9 Å². The van der Waals surface area contributed by atoms with Gasteiger partial charge in [0.2, 0.25) is 10.0 Å². The molecule has 0 saturated heterocycles. The summed E-state index contributed by atoms with van der Waals surface area (Å²) in [7, 11) is -3.44. The molecule has 1 N–H and O–H groups in total. The van der Waals surface area contributed by atoms with Crippen LogP contribution in [0.1, 0.15) is 28.4 Å². The first-order chi connectivity index (χ1) is 10.7. The highest BCUT2D eigenvalue weighted by Gasteiger charge is 2.17. The second kappa shape index (κ2) is 7.03. The van der Waals surface area contributed by atoms with Gasteiger partial charge in [0.05, 0.1) is 16.5 Å². The van der Waals surface area contributed by atoms with Crippen molar-refractivity contribution in [3.63, 3.8) is 0 Å². The smallest absolute Gasteiger partial charge is 0.232 e. The molecule has 0 aliphatic heterocycles. The van der Waals surface area contributed by atoms with E-state index in [0.29, 0.717) is 15.6 Å². The van der Waals surface area contributed by atoms with Crippen LogP contribution in [-0.4, -0.2) is 20.0 Å². The molecule has 0 spiro atoms. The van der Waals surface area contributed by atoms with Crippen molar-refractivity contribution < 1.29 is 13.2 Å². The Bertz CT molecular complexity index is 848. The molecule has 0 bridgehead atoms. The molecule has 0 radical (unpaired) electrons. The van der Waals surface area contributed by atoms with Crippen LogP contribution in [-0.2, 0) is 10.0 Å². The van der Waals surface area contributed by atoms with E-state index in [1.807, 2.05) is 19.1 Å². The summed E-state index contributed by atoms with van der Waals surface area (Å²) in [6.07, 6.45) is 0. The van der Waals surface area contributed by atoms with Crippen LogP contribution < -0.4 is 4.72 Å². The molecule has 0 fully saturated rings. The lowest BCUT2D eigenvalue weighted by atomic mass is 10.0. The lowest BCUT2D eigenvalue weighted by Gasteiger charge is -2.11. The summed E-state index contributed by atoms with van der Waals surface area (Å²) < 4.78 is 26.2. The van der Waals surface area contributed by atoms with Crippen LogP contribution in [0.15, 0.2) is 40.9 Å². The zero-order valence-corrected chi connectivity index (χ0v) is 15.7. The van der Waals surface area contributed by atoms with E-state index < -0.39 is 10.0 Å². The normalized spacial score (nSPS) is 11.3. The number of carbonyl (C=O) groups excluding carboxylic acids is 1. The number of nitrogens with one attached hydrogen (secondary N) is 1. The second-order valence-corrected chi connectivity index (χ2v) is 8.29. The monoisotopic (exact) mass is 415 g/mol. The molecule has 4 nitrogen and oxygen atoms in total. The zero-order chi connectivity index (χ0) is 17.2. The maximum absolute atomic E-state index is 12.6. The maximum atomic E-state index is 12.6. The first-order valence-electron chi connectivity index (χ1n) is 6.84. The standard InChI is InChI=1S/C16H15BrClNO3S/c1-3-23(21,22)19-15-9-13(17)12(8-14(15)18)16(20)11-6-4-10(2)5-7-11/h4-9,19H,3H2,1-2H3. The highest BCUT2D eigenvalue weighted by Crippen LogP contribution is 2.31. The van der Waals surface area contributed by atoms with Gasteiger partial charge in [0, 0.05) is 15.6 Å². The molecular weight excluding hydrogens is 402 g/mol. The Labute approximate surface area is 149 Å². The van der Waals surface area contributed by atoms with Crippen LogP contribution in [0.25, 0.3) is 0 Å². The number of benzene rings is 2. The molecule has 0 heterocycles. The molecule has 0 aliphatic rings. The minimum atomic E-state index is -3.44. The van der Waals surface area contributed by atoms with Crippen molar-refractivity contribution in [2.45, 2.75) is 13.8 Å². The Hall–Kier alpha value is -1.37. The van der Waals surface area contributed by atoms with Gasteiger partial charge < -0.3 is 0 Å². The number of rotatable bonds is 5. The highest BCUT2D eigenvalue weighted by molar-refractivity contribution is 9.10. The lowest BCUT2D eigenvalue weighted by Crippen LogP contribution is -2.15. The van der Waals surface area contributed by atoms with Gasteiger partial charge in [-0.2, -0.15) is 0 Å². The van der Waals surface area contributed by atoms with Crippen LogP contribution in [0.2, 0.25) is 5.02 Å². The molecule has 23 heavy (non-hydrogen) atoms. The molecule has 0 unspecified atom stereocenters. The fraction of sp³-hybridized carbons (Fsp3) is 0.188. The van der Waals surface area contributed by atoms with Gasteiger partial charge in [-0.1, -0.05) is 41.4 Å². The van der Waals surface area contributed by atoms with E-state index >= 15 is 0 Å². The number of halogens is 2. The van der Waals surface area contributed by atoms with Gasteiger partial charge in [-0.15, -0.1) is 0 Å². The topological polar surface area (TPSA) is 63.2 Å². The van der Waals surface area contributed by atoms with E-state index in [0.717, 1.165) is 5.56 Å². The van der Waals surface area contributed by atoms with Gasteiger partial charge >= 0.3 is 0 Å². The SMILES string of the molecule is CCS(=O)(=O)Nc1cc(Br)c(C(=O)c2ccc(C)cc2)cc1Cl. The second-order valence-electron chi connectivity index (χ2n) is 5.01. The summed E-state index contributed by atoms with van der Waals surface area (Å²) in [5.74, 6) is -0.256. The Morgan fingerprint density at radius 2 is 1.83 bits per heavy atom. The van der Waals surface area contributed by atoms with Gasteiger partial charge in [0.15, 0.2) is 5.78 Å². The summed E-state index contributed by atoms with van der Waals surface area (Å²) in [6.45, 7) is 3.47. The molecule has 0 aliphatic carbocycles. The van der Waals surface area contributed by atoms with Gasteiger partial charge in [-0.25, -0.2) is 8.42 Å². The number of carbonyl (C=O) groups is 1. The Kier molecular flexibility index (Phi) is 5.49. The molecule has 2 rings (SSSR count). The van der Waals surface area contributed by atoms with Crippen LogP contribution in [0.5, 0.6) is 0 Å². The average Bonchev–Trinajstić information content (AvgIpc) is 2.50. The number of ketones is 1. The maximum Gasteiger partial charge on any atom is 0.232 e. The summed E-state index contributed by atoms with van der Waals surface area (Å²) in [4.78, 5) is 12.6. The third kappa shape index (κ3) is 4.34. The van der Waals surface area contributed by atoms with Gasteiger partial charge in [0.1, 0.15) is 0 Å². The number of hydrogen-bond acceptors (Lipinski definition) is 3. The van der Waals surface area contributed by atoms with Crippen LogP contribution in [0, 0.1) is 6.92 Å². The predicted octanol–water partition coefficient (Wildman–Crippen LogP) is 4.40. The minimum absolute atomic E-state index is 0.0645. The Morgan fingerprint density at radius 3 is 2.39 bits per heavy atom. The van der Waals surface area contributed by atoms with Crippen molar-refractivity contribution in [2.75, 3.05) is 10.5 Å². The molecule has 122 valence electrons. The van der Waals surface area contributed by atoms with E-state index in [4.69, 9.17) is 11.6 Å². The van der Waals surface area contributed by atoms with Crippen molar-refractivity contribution >= 4 is 49.0 Å². The first-order valence-corrected chi connectivity index (χ1v) is 9.66. The van der Waals surface area contributed by atoms with Gasteiger partial charge in [0.25, 0.3) is 0 Å². The fourth-order valence-corrected chi connectivity index (χ4v) is 3.34. The lowest BCUT2D eigenvalue weighted by molar-refractivity contribution is 0.103. The first kappa shape index (κ1) is 18.0. The minimum Gasteiger partial charge on any atom is -0.289 e. The number of sulfonamides is 1. The molecule has 2 aromatic carbocycles. The third-order valence-electron chi connectivity index (χ3n) is 3.26. The Balaban J connectivity index is 2.40. The summed E-state index contributed by atoms with van der Waals surface area (Å²) in [5.41, 5.74) is 2.20. The summed E-state index contributed by atoms with van der Waals surface area (Å²) in [5, 5.41) is 0.167. The van der Waals surface area contributed by atoms with E-state index in [2.05, 4.69) is 20.7 Å². The van der Waals surface area contributed by atoms with Crippen molar-refractivity contribution in [2.24, 2.45) is 0 Å². The average molecular weight is 417 g/mol. The quantitative estimate of drug-likeness (QED) is 0.735. The third-order valence-corrected chi connectivity index (χ3v) is 5.52. The van der Waals surface area contributed by atoms with Crippen LogP contribution >= 0.6 is 27.5 Å². The van der Waals surface area contributed by atoms with Gasteiger partial charge in [-0.3, -0.25) is 9.52 Å². The number of hydrogen-bond donors (Lipinski definition) is 1. The van der Waals surface area contributed by atoms with E-state index in [-0.39, 0.29) is 22.2 Å². The molecule has 7 heteroatoms. The highest BCUT2D eigenvalue weighted by atomic mass is 79.9. The van der Waals surface area contributed by atoms with Crippen molar-refractivity contribution in [1.82, 2.24) is 0 Å². The number of aryl methyl sites for hydroxylation is 1. The van der Waals surface area contributed by atoms with E-state index in [9.17, 15) is 13.2 Å². The molecule has 0 saturated carbocycles. The van der Waals surface area contributed by atoms with Crippen LogP contribution in [0.3, 0.4) is 0 Å². The van der Waals surface area contributed by atoms with Crippen molar-refractivity contribution in [1.29, 1.82) is 0 Å². The molecule has 0 amide bonds. The Morgan fingerprint density at radius 1 is 1.22 bits per heavy atom. The van der Waals surface area contributed by atoms with Crippen molar-refractivity contribution in [3.8, 4) is 0 Å². The summed E-state index contributed by atoms with van der Waals surface area (Å²) in [6, 6.07) is 10.1. The fourth-order valence-electron chi connectivity index (χ4n) is 1.90. The largest absolute Gasteiger partial charge is 0.289 e. The molecule has 2 aromatic rings. The predicted molar refractivity (Wildman–Crippen MR) is 96.8 cm³/mol. The summed E-state index contributed by atoms with van der Waals surface area (Å²) >= 11 is 9.43. The molecular formula is C16H15BrClNO3S. The molecule has 0 atom stereocenters. The number of anilines is 1. The van der Waals surface area contributed by atoms with E-state index in [1.54, 1.807) is 12.1 Å². The van der Waals surface area contributed by atoms with Crippen molar-refractivity contribution in [3.05, 3.63) is 62.6 Å². The molecule has 0 aromatic heterocycles. The zero-order valence-electron chi connectivity index (χ0n) is 12.6. The van der Waals surface area contributed by atoms with E-state index in [1.165, 1.54) is 19.1 Å². The van der Waals surface area contributed by atoms with Crippen LogP contribution in [0.4, 0.5) is 5.69 Å².